The standard InChI is InChI=1S/C23H29ClN2O/c1-17(2)26(18(3)27)15-21-14-25(13-19-9-11-22(24)12-10-19)16-23(21)20-7-5-4-6-8-20/h4-12,17,21,23H,13-16H2,1-3H3. The van der Waals surface area contributed by atoms with E-state index in [9.17, 15) is 4.79 Å². The second-order valence-corrected chi connectivity index (χ2v) is 8.30. The van der Waals surface area contributed by atoms with Gasteiger partial charge in [0.1, 0.15) is 0 Å². The second kappa shape index (κ2) is 8.90. The Hall–Kier alpha value is -1.84. The Bertz CT molecular complexity index is 745. The number of amides is 1. The molecule has 0 spiro atoms. The molecule has 0 N–H and O–H groups in total. The van der Waals surface area contributed by atoms with Crippen LogP contribution in [0.15, 0.2) is 54.6 Å². The third-order valence-electron chi connectivity index (χ3n) is 5.52. The molecule has 1 fully saturated rings. The minimum atomic E-state index is 0.160. The van der Waals surface area contributed by atoms with E-state index in [0.29, 0.717) is 11.8 Å². The number of hydrogen-bond acceptors (Lipinski definition) is 2. The summed E-state index contributed by atoms with van der Waals surface area (Å²) in [5, 5.41) is 0.772. The van der Waals surface area contributed by atoms with Gasteiger partial charge in [-0.1, -0.05) is 54.1 Å². The van der Waals surface area contributed by atoms with E-state index in [-0.39, 0.29) is 11.9 Å². The lowest BCUT2D eigenvalue weighted by Crippen LogP contribution is -2.40. The zero-order chi connectivity index (χ0) is 19.4. The number of halogens is 1. The number of hydrogen-bond donors (Lipinski definition) is 0. The molecule has 1 saturated heterocycles. The average Bonchev–Trinajstić information content (AvgIpc) is 3.04. The molecule has 0 saturated carbocycles. The van der Waals surface area contributed by atoms with Crippen LogP contribution in [0.3, 0.4) is 0 Å². The monoisotopic (exact) mass is 384 g/mol. The highest BCUT2D eigenvalue weighted by Gasteiger charge is 2.35. The van der Waals surface area contributed by atoms with E-state index >= 15 is 0 Å². The van der Waals surface area contributed by atoms with E-state index in [2.05, 4.69) is 61.2 Å². The van der Waals surface area contributed by atoms with Gasteiger partial charge in [0.2, 0.25) is 5.91 Å². The molecule has 0 radical (unpaired) electrons. The molecule has 144 valence electrons. The lowest BCUT2D eigenvalue weighted by Gasteiger charge is -2.30. The van der Waals surface area contributed by atoms with Crippen LogP contribution >= 0.6 is 11.6 Å². The van der Waals surface area contributed by atoms with Crippen molar-refractivity contribution in [1.82, 2.24) is 9.80 Å². The van der Waals surface area contributed by atoms with Crippen LogP contribution in [-0.4, -0.2) is 41.4 Å². The van der Waals surface area contributed by atoms with Crippen molar-refractivity contribution in [3.8, 4) is 0 Å². The lowest BCUT2D eigenvalue weighted by molar-refractivity contribution is -0.131. The Labute approximate surface area is 167 Å². The van der Waals surface area contributed by atoms with Crippen LogP contribution in [0.5, 0.6) is 0 Å². The Kier molecular flexibility index (Phi) is 6.56. The molecule has 0 bridgehead atoms. The third-order valence-corrected chi connectivity index (χ3v) is 5.77. The number of nitrogens with zero attached hydrogens (tertiary/aromatic N) is 2. The molecular weight excluding hydrogens is 356 g/mol. The van der Waals surface area contributed by atoms with Gasteiger partial charge in [-0.05, 0) is 43.0 Å². The van der Waals surface area contributed by atoms with Crippen molar-refractivity contribution in [2.45, 2.75) is 39.3 Å². The van der Waals surface area contributed by atoms with Crippen molar-refractivity contribution < 1.29 is 4.79 Å². The fraction of sp³-hybridized carbons (Fsp3) is 0.435. The van der Waals surface area contributed by atoms with E-state index in [0.717, 1.165) is 31.2 Å². The Morgan fingerprint density at radius 1 is 1.11 bits per heavy atom. The van der Waals surface area contributed by atoms with E-state index in [1.54, 1.807) is 6.92 Å². The summed E-state index contributed by atoms with van der Waals surface area (Å²) in [6.07, 6.45) is 0. The van der Waals surface area contributed by atoms with Crippen LogP contribution in [0.2, 0.25) is 5.02 Å². The summed E-state index contributed by atoms with van der Waals surface area (Å²) >= 11 is 6.02. The Morgan fingerprint density at radius 3 is 2.37 bits per heavy atom. The maximum atomic E-state index is 12.1. The maximum absolute atomic E-state index is 12.1. The van der Waals surface area contributed by atoms with Gasteiger partial charge < -0.3 is 4.90 Å². The van der Waals surface area contributed by atoms with Gasteiger partial charge in [-0.3, -0.25) is 9.69 Å². The van der Waals surface area contributed by atoms with Crippen LogP contribution in [-0.2, 0) is 11.3 Å². The van der Waals surface area contributed by atoms with Crippen molar-refractivity contribution in [3.05, 3.63) is 70.7 Å². The van der Waals surface area contributed by atoms with Crippen molar-refractivity contribution in [2.24, 2.45) is 5.92 Å². The Balaban J connectivity index is 1.78. The van der Waals surface area contributed by atoms with Crippen molar-refractivity contribution in [1.29, 1.82) is 0 Å². The molecule has 2 unspecified atom stereocenters. The van der Waals surface area contributed by atoms with Gasteiger partial charge in [0.25, 0.3) is 0 Å². The summed E-state index contributed by atoms with van der Waals surface area (Å²) in [5.74, 6) is 1.04. The molecule has 3 nitrogen and oxygen atoms in total. The molecule has 2 aromatic carbocycles. The Morgan fingerprint density at radius 2 is 1.78 bits per heavy atom. The van der Waals surface area contributed by atoms with Crippen LogP contribution in [0, 0.1) is 5.92 Å². The zero-order valence-electron chi connectivity index (χ0n) is 16.4. The van der Waals surface area contributed by atoms with Gasteiger partial charge in [0, 0.05) is 50.1 Å². The molecule has 4 heteroatoms. The first-order valence-corrected chi connectivity index (χ1v) is 10.1. The average molecular weight is 385 g/mol. The van der Waals surface area contributed by atoms with Gasteiger partial charge in [-0.25, -0.2) is 0 Å². The van der Waals surface area contributed by atoms with Gasteiger partial charge in [-0.2, -0.15) is 0 Å². The highest BCUT2D eigenvalue weighted by Crippen LogP contribution is 2.34. The van der Waals surface area contributed by atoms with E-state index in [4.69, 9.17) is 11.6 Å². The SMILES string of the molecule is CC(=O)N(CC1CN(Cc2ccc(Cl)cc2)CC1c1ccccc1)C(C)C. The molecule has 1 amide bonds. The highest BCUT2D eigenvalue weighted by molar-refractivity contribution is 6.30. The number of carbonyl (C=O) groups excluding carboxylic acids is 1. The first-order valence-electron chi connectivity index (χ1n) is 9.73. The summed E-state index contributed by atoms with van der Waals surface area (Å²) in [4.78, 5) is 16.6. The van der Waals surface area contributed by atoms with Gasteiger partial charge in [0.05, 0.1) is 0 Å². The van der Waals surface area contributed by atoms with E-state index in [1.165, 1.54) is 11.1 Å². The summed E-state index contributed by atoms with van der Waals surface area (Å²) in [6, 6.07) is 19.1. The topological polar surface area (TPSA) is 23.6 Å². The quantitative estimate of drug-likeness (QED) is 0.713. The zero-order valence-corrected chi connectivity index (χ0v) is 17.2. The number of rotatable bonds is 6. The molecule has 1 aliphatic heterocycles. The molecule has 27 heavy (non-hydrogen) atoms. The minimum absolute atomic E-state index is 0.160. The fourth-order valence-electron chi connectivity index (χ4n) is 4.16. The maximum Gasteiger partial charge on any atom is 0.219 e. The minimum Gasteiger partial charge on any atom is -0.340 e. The van der Waals surface area contributed by atoms with Crippen LogP contribution in [0.4, 0.5) is 0 Å². The highest BCUT2D eigenvalue weighted by atomic mass is 35.5. The first-order chi connectivity index (χ1) is 12.9. The normalized spacial score (nSPS) is 20.2. The lowest BCUT2D eigenvalue weighted by atomic mass is 9.88. The van der Waals surface area contributed by atoms with Crippen molar-refractivity contribution in [2.75, 3.05) is 19.6 Å². The summed E-state index contributed by atoms with van der Waals surface area (Å²) in [5.41, 5.74) is 2.65. The molecule has 3 rings (SSSR count). The third kappa shape index (κ3) is 5.12. The van der Waals surface area contributed by atoms with Gasteiger partial charge in [0.15, 0.2) is 0 Å². The molecule has 1 aliphatic rings. The molecule has 0 aliphatic carbocycles. The smallest absolute Gasteiger partial charge is 0.219 e. The van der Waals surface area contributed by atoms with Crippen LogP contribution < -0.4 is 0 Å². The summed E-state index contributed by atoms with van der Waals surface area (Å²) < 4.78 is 0. The first kappa shape index (κ1) is 19.9. The predicted octanol–water partition coefficient (Wildman–Crippen LogP) is 4.81. The molecule has 2 atom stereocenters. The number of carbonyl (C=O) groups is 1. The summed E-state index contributed by atoms with van der Waals surface area (Å²) in [6.45, 7) is 9.61. The fourth-order valence-corrected chi connectivity index (χ4v) is 4.28. The predicted molar refractivity (Wildman–Crippen MR) is 112 cm³/mol. The number of benzene rings is 2. The number of likely N-dealkylation sites (tertiary alicyclic amines) is 1. The van der Waals surface area contributed by atoms with Gasteiger partial charge in [-0.15, -0.1) is 0 Å². The summed E-state index contributed by atoms with van der Waals surface area (Å²) in [7, 11) is 0. The molecular formula is C23H29ClN2O. The largest absolute Gasteiger partial charge is 0.340 e. The van der Waals surface area contributed by atoms with Gasteiger partial charge >= 0.3 is 0 Å². The van der Waals surface area contributed by atoms with Crippen LogP contribution in [0.25, 0.3) is 0 Å². The van der Waals surface area contributed by atoms with Crippen molar-refractivity contribution in [3.63, 3.8) is 0 Å². The molecule has 1 heterocycles. The molecule has 0 aromatic heterocycles. The van der Waals surface area contributed by atoms with E-state index < -0.39 is 0 Å². The van der Waals surface area contributed by atoms with E-state index in [1.807, 2.05) is 17.0 Å². The molecule has 2 aromatic rings. The second-order valence-electron chi connectivity index (χ2n) is 7.86. The van der Waals surface area contributed by atoms with Crippen molar-refractivity contribution >= 4 is 17.5 Å². The van der Waals surface area contributed by atoms with Crippen LogP contribution in [0.1, 0.15) is 37.8 Å².